The van der Waals surface area contributed by atoms with Gasteiger partial charge < -0.3 is 5.32 Å². The van der Waals surface area contributed by atoms with Crippen molar-refractivity contribution >= 4 is 51.6 Å². The number of para-hydroxylation sites is 1. The van der Waals surface area contributed by atoms with Gasteiger partial charge in [0, 0.05) is 27.7 Å². The van der Waals surface area contributed by atoms with Crippen LogP contribution in [-0.4, -0.2) is 17.0 Å². The number of carbonyl (C=O) groups is 1. The number of rotatable bonds is 7. The van der Waals surface area contributed by atoms with E-state index in [1.54, 1.807) is 12.3 Å². The van der Waals surface area contributed by atoms with Gasteiger partial charge in [0.15, 0.2) is 0 Å². The van der Waals surface area contributed by atoms with Crippen LogP contribution in [0, 0.1) is 17.0 Å². The summed E-state index contributed by atoms with van der Waals surface area (Å²) in [7, 11) is 0. The van der Waals surface area contributed by atoms with E-state index in [-0.39, 0.29) is 16.5 Å². The summed E-state index contributed by atoms with van der Waals surface area (Å²) in [6.45, 7) is 2.01. The molecule has 4 aromatic rings. The highest BCUT2D eigenvalue weighted by molar-refractivity contribution is 7.99. The number of fused-ring (bicyclic) bond motifs is 1. The summed E-state index contributed by atoms with van der Waals surface area (Å²) in [6, 6.07) is 22.4. The van der Waals surface area contributed by atoms with Crippen molar-refractivity contribution < 1.29 is 9.72 Å². The molecule has 0 aliphatic heterocycles. The largest absolute Gasteiger partial charge is 0.322 e. The van der Waals surface area contributed by atoms with Gasteiger partial charge in [-0.05, 0) is 74.1 Å². The number of hydrogen-bond donors (Lipinski definition) is 1. The Morgan fingerprint density at radius 3 is 2.57 bits per heavy atom. The van der Waals surface area contributed by atoms with E-state index in [0.29, 0.717) is 21.0 Å². The van der Waals surface area contributed by atoms with Gasteiger partial charge in [-0.25, -0.2) is 4.99 Å². The smallest absolute Gasteiger partial charge is 0.283 e. The Hall–Kier alpha value is -3.75. The van der Waals surface area contributed by atoms with Crippen LogP contribution in [0.5, 0.6) is 0 Å². The second-order valence-electron chi connectivity index (χ2n) is 8.87. The molecule has 8 heteroatoms. The Labute approximate surface area is 223 Å². The van der Waals surface area contributed by atoms with Crippen molar-refractivity contribution in [3.05, 3.63) is 110 Å². The predicted octanol–water partition coefficient (Wildman–Crippen LogP) is 8.00. The Kier molecular flexibility index (Phi) is 7.48. The van der Waals surface area contributed by atoms with Crippen LogP contribution in [0.2, 0.25) is 0 Å². The molecule has 0 atom stereocenters. The van der Waals surface area contributed by atoms with E-state index in [9.17, 15) is 14.9 Å². The zero-order valence-corrected chi connectivity index (χ0v) is 21.9. The number of amides is 1. The van der Waals surface area contributed by atoms with Gasteiger partial charge in [-0.15, -0.1) is 11.3 Å². The minimum Gasteiger partial charge on any atom is -0.322 e. The van der Waals surface area contributed by atoms with Crippen LogP contribution in [0.4, 0.5) is 16.4 Å². The van der Waals surface area contributed by atoms with Gasteiger partial charge in [0.05, 0.1) is 15.4 Å². The normalized spacial score (nSPS) is 12.9. The van der Waals surface area contributed by atoms with Crippen LogP contribution in [0.15, 0.2) is 87.6 Å². The molecule has 1 aliphatic carbocycles. The fourth-order valence-electron chi connectivity index (χ4n) is 4.30. The average molecular weight is 528 g/mol. The van der Waals surface area contributed by atoms with Crippen molar-refractivity contribution in [1.82, 2.24) is 0 Å². The third kappa shape index (κ3) is 5.81. The Morgan fingerprint density at radius 1 is 1.05 bits per heavy atom. The summed E-state index contributed by atoms with van der Waals surface area (Å²) in [5.41, 5.74) is 4.20. The van der Waals surface area contributed by atoms with Gasteiger partial charge in [0.2, 0.25) is 0 Å². The monoisotopic (exact) mass is 527 g/mol. The highest BCUT2D eigenvalue weighted by atomic mass is 32.2. The third-order valence-corrected chi connectivity index (χ3v) is 8.44. The number of aryl methyl sites for hydroxylation is 2. The van der Waals surface area contributed by atoms with Crippen LogP contribution in [-0.2, 0) is 12.8 Å². The second kappa shape index (κ2) is 11.1. The Morgan fingerprint density at radius 2 is 1.81 bits per heavy atom. The molecular weight excluding hydrogens is 502 g/mol. The molecule has 6 nitrogen and oxygen atoms in total. The first-order valence-corrected chi connectivity index (χ1v) is 13.7. The molecule has 1 aliphatic rings. The van der Waals surface area contributed by atoms with E-state index in [1.807, 2.05) is 67.6 Å². The summed E-state index contributed by atoms with van der Waals surface area (Å²) >= 11 is 2.90. The second-order valence-corrected chi connectivity index (χ2v) is 11.1. The topological polar surface area (TPSA) is 84.6 Å². The summed E-state index contributed by atoms with van der Waals surface area (Å²) in [5.74, 6) is -0.173. The average Bonchev–Trinajstić information content (AvgIpc) is 3.28. The maximum atomic E-state index is 13.3. The SMILES string of the molecule is Cc1ccc(Sc2ccc(C=Nc3sc4c(c3C(=O)Nc3ccccc3)CCCC4)cc2[N+](=O)[O-])cc1. The van der Waals surface area contributed by atoms with Gasteiger partial charge in [0.1, 0.15) is 5.00 Å². The number of benzene rings is 3. The molecule has 0 saturated heterocycles. The first kappa shape index (κ1) is 24.9. The molecule has 0 radical (unpaired) electrons. The van der Waals surface area contributed by atoms with E-state index in [4.69, 9.17) is 0 Å². The van der Waals surface area contributed by atoms with E-state index in [0.717, 1.165) is 47.4 Å². The van der Waals surface area contributed by atoms with E-state index < -0.39 is 0 Å². The molecule has 1 aromatic heterocycles. The molecule has 1 N–H and O–H groups in total. The van der Waals surface area contributed by atoms with Gasteiger partial charge in [-0.3, -0.25) is 14.9 Å². The molecule has 0 saturated carbocycles. The Bertz CT molecular complexity index is 1480. The molecular formula is C29H25N3O3S2. The molecule has 1 heterocycles. The maximum Gasteiger partial charge on any atom is 0.283 e. The standard InChI is InChI=1S/C29H25N3O3S2/c1-19-11-14-22(15-12-19)36-26-16-13-20(17-24(26)32(34)35)18-30-29-27(23-9-5-6-10-25(23)37-29)28(33)31-21-7-3-2-4-8-21/h2-4,7-8,11-18H,5-6,9-10H2,1H3,(H,31,33). The summed E-state index contributed by atoms with van der Waals surface area (Å²) in [4.78, 5) is 32.1. The highest BCUT2D eigenvalue weighted by Gasteiger charge is 2.25. The number of nitro groups is 1. The lowest BCUT2D eigenvalue weighted by molar-refractivity contribution is -0.387. The number of nitrogens with zero attached hydrogens (tertiary/aromatic N) is 2. The number of anilines is 1. The van der Waals surface area contributed by atoms with Gasteiger partial charge in [-0.2, -0.15) is 0 Å². The van der Waals surface area contributed by atoms with Crippen molar-refractivity contribution in [1.29, 1.82) is 0 Å². The van der Waals surface area contributed by atoms with Crippen LogP contribution >= 0.6 is 23.1 Å². The summed E-state index contributed by atoms with van der Waals surface area (Å²) in [5, 5.41) is 15.5. The number of nitro benzene ring substituents is 1. The number of thiophene rings is 1. The molecule has 0 fully saturated rings. The first-order valence-electron chi connectivity index (χ1n) is 12.1. The maximum absolute atomic E-state index is 13.3. The lowest BCUT2D eigenvalue weighted by atomic mass is 9.95. The number of hydrogen-bond acceptors (Lipinski definition) is 6. The fourth-order valence-corrected chi connectivity index (χ4v) is 6.43. The molecule has 0 unspecified atom stereocenters. The lowest BCUT2D eigenvalue weighted by Crippen LogP contribution is -2.14. The van der Waals surface area contributed by atoms with E-state index in [1.165, 1.54) is 34.0 Å². The van der Waals surface area contributed by atoms with Crippen molar-refractivity contribution in [2.24, 2.45) is 4.99 Å². The fraction of sp³-hybridized carbons (Fsp3) is 0.172. The van der Waals surface area contributed by atoms with Crippen molar-refractivity contribution in [2.45, 2.75) is 42.4 Å². The number of aliphatic imine (C=N–C) groups is 1. The molecule has 1 amide bonds. The van der Waals surface area contributed by atoms with Crippen molar-refractivity contribution in [3.8, 4) is 0 Å². The molecule has 3 aromatic carbocycles. The molecule has 0 bridgehead atoms. The molecule has 37 heavy (non-hydrogen) atoms. The number of carbonyl (C=O) groups excluding carboxylic acids is 1. The van der Waals surface area contributed by atoms with Gasteiger partial charge in [-0.1, -0.05) is 53.7 Å². The summed E-state index contributed by atoms with van der Waals surface area (Å²) in [6.07, 6.45) is 5.56. The molecule has 186 valence electrons. The van der Waals surface area contributed by atoms with E-state index >= 15 is 0 Å². The van der Waals surface area contributed by atoms with E-state index in [2.05, 4.69) is 10.3 Å². The van der Waals surface area contributed by atoms with Gasteiger partial charge in [0.25, 0.3) is 11.6 Å². The van der Waals surface area contributed by atoms with Crippen LogP contribution in [0.25, 0.3) is 0 Å². The van der Waals surface area contributed by atoms with Crippen LogP contribution < -0.4 is 5.32 Å². The quantitative estimate of drug-likeness (QED) is 0.150. The van der Waals surface area contributed by atoms with Gasteiger partial charge >= 0.3 is 0 Å². The summed E-state index contributed by atoms with van der Waals surface area (Å²) < 4.78 is 0. The zero-order valence-electron chi connectivity index (χ0n) is 20.3. The minimum atomic E-state index is -0.365. The minimum absolute atomic E-state index is 0.0297. The zero-order chi connectivity index (χ0) is 25.8. The number of nitrogens with one attached hydrogen (secondary N) is 1. The first-order chi connectivity index (χ1) is 18.0. The Balaban J connectivity index is 1.44. The lowest BCUT2D eigenvalue weighted by Gasteiger charge is -2.12. The van der Waals surface area contributed by atoms with Crippen LogP contribution in [0.3, 0.4) is 0 Å². The predicted molar refractivity (Wildman–Crippen MR) is 151 cm³/mol. The van der Waals surface area contributed by atoms with Crippen LogP contribution in [0.1, 0.15) is 44.8 Å². The molecule has 0 spiro atoms. The molecule has 5 rings (SSSR count). The van der Waals surface area contributed by atoms with Crippen molar-refractivity contribution in [3.63, 3.8) is 0 Å². The highest BCUT2D eigenvalue weighted by Crippen LogP contribution is 2.40. The van der Waals surface area contributed by atoms with Crippen molar-refractivity contribution in [2.75, 3.05) is 5.32 Å². The third-order valence-electron chi connectivity index (χ3n) is 6.17.